The van der Waals surface area contributed by atoms with Gasteiger partial charge in [-0.3, -0.25) is 0 Å². The Kier molecular flexibility index (Phi) is 6.71. The van der Waals surface area contributed by atoms with Crippen LogP contribution in [0.1, 0.15) is 18.9 Å². The third kappa shape index (κ3) is 5.20. The lowest BCUT2D eigenvalue weighted by atomic mass is 10.2. The molecule has 1 aromatic carbocycles. The summed E-state index contributed by atoms with van der Waals surface area (Å²) in [4.78, 5) is 0. The number of nitriles is 1. The Balaban J connectivity index is 2.21. The molecule has 0 radical (unpaired) electrons. The lowest BCUT2D eigenvalue weighted by Gasteiger charge is -2.09. The molecule has 0 aliphatic carbocycles. The summed E-state index contributed by atoms with van der Waals surface area (Å²) in [6.07, 6.45) is 1.07. The predicted molar refractivity (Wildman–Crippen MR) is 70.3 cm³/mol. The standard InChI is InChI=1S/C13H18N2S/c1-2-8-15-13(9-14)11-16-10-12-6-4-3-5-7-12/h3-7,13,15H,2,8,10-11H2,1H3. The first-order valence-electron chi connectivity index (χ1n) is 5.61. The van der Waals surface area contributed by atoms with Crippen LogP contribution in [0.25, 0.3) is 0 Å². The second kappa shape index (κ2) is 8.20. The maximum Gasteiger partial charge on any atom is 0.104 e. The molecule has 0 spiro atoms. The van der Waals surface area contributed by atoms with Gasteiger partial charge in [0, 0.05) is 11.5 Å². The molecule has 1 rings (SSSR count). The van der Waals surface area contributed by atoms with Crippen molar-refractivity contribution in [3.8, 4) is 6.07 Å². The van der Waals surface area contributed by atoms with E-state index in [9.17, 15) is 0 Å². The smallest absolute Gasteiger partial charge is 0.104 e. The third-order valence-electron chi connectivity index (χ3n) is 2.19. The zero-order chi connectivity index (χ0) is 11.6. The zero-order valence-electron chi connectivity index (χ0n) is 9.65. The molecule has 2 nitrogen and oxygen atoms in total. The number of thioether (sulfide) groups is 1. The van der Waals surface area contributed by atoms with Crippen molar-refractivity contribution < 1.29 is 0 Å². The van der Waals surface area contributed by atoms with E-state index in [1.807, 2.05) is 18.2 Å². The fourth-order valence-corrected chi connectivity index (χ4v) is 2.30. The zero-order valence-corrected chi connectivity index (χ0v) is 10.5. The monoisotopic (exact) mass is 234 g/mol. The topological polar surface area (TPSA) is 35.8 Å². The number of hydrogen-bond acceptors (Lipinski definition) is 3. The van der Waals surface area contributed by atoms with Crippen LogP contribution < -0.4 is 5.32 Å². The third-order valence-corrected chi connectivity index (χ3v) is 3.30. The van der Waals surface area contributed by atoms with E-state index in [0.717, 1.165) is 24.5 Å². The highest BCUT2D eigenvalue weighted by Gasteiger charge is 2.05. The lowest BCUT2D eigenvalue weighted by Crippen LogP contribution is -2.30. The first-order chi connectivity index (χ1) is 7.86. The van der Waals surface area contributed by atoms with E-state index >= 15 is 0 Å². The van der Waals surface area contributed by atoms with Crippen LogP contribution in [0.4, 0.5) is 0 Å². The van der Waals surface area contributed by atoms with E-state index < -0.39 is 0 Å². The highest BCUT2D eigenvalue weighted by molar-refractivity contribution is 7.98. The molecular formula is C13H18N2S. The minimum Gasteiger partial charge on any atom is -0.301 e. The average Bonchev–Trinajstić information content (AvgIpc) is 2.35. The molecule has 0 fully saturated rings. The van der Waals surface area contributed by atoms with Gasteiger partial charge < -0.3 is 5.32 Å². The van der Waals surface area contributed by atoms with Gasteiger partial charge in [0.15, 0.2) is 0 Å². The van der Waals surface area contributed by atoms with E-state index in [2.05, 4.69) is 30.4 Å². The van der Waals surface area contributed by atoms with Crippen molar-refractivity contribution in [1.29, 1.82) is 5.26 Å². The summed E-state index contributed by atoms with van der Waals surface area (Å²) in [5.74, 6) is 1.83. The van der Waals surface area contributed by atoms with Crippen molar-refractivity contribution in [2.24, 2.45) is 0 Å². The molecule has 0 saturated carbocycles. The van der Waals surface area contributed by atoms with Gasteiger partial charge in [0.25, 0.3) is 0 Å². The molecule has 0 aliphatic heterocycles. The van der Waals surface area contributed by atoms with E-state index in [-0.39, 0.29) is 6.04 Å². The van der Waals surface area contributed by atoms with Crippen LogP contribution in [0.15, 0.2) is 30.3 Å². The van der Waals surface area contributed by atoms with Gasteiger partial charge in [-0.2, -0.15) is 17.0 Å². The Hall–Kier alpha value is -0.980. The van der Waals surface area contributed by atoms with Crippen molar-refractivity contribution in [1.82, 2.24) is 5.32 Å². The maximum absolute atomic E-state index is 8.92. The van der Waals surface area contributed by atoms with E-state index in [4.69, 9.17) is 5.26 Å². The molecule has 1 atom stereocenters. The predicted octanol–water partition coefficient (Wildman–Crippen LogP) is 2.81. The Morgan fingerprint density at radius 1 is 1.38 bits per heavy atom. The van der Waals surface area contributed by atoms with Gasteiger partial charge in [-0.05, 0) is 18.5 Å². The molecule has 0 saturated heterocycles. The molecule has 0 amide bonds. The van der Waals surface area contributed by atoms with Crippen LogP contribution in [0, 0.1) is 11.3 Å². The van der Waals surface area contributed by atoms with Crippen molar-refractivity contribution in [3.05, 3.63) is 35.9 Å². The molecular weight excluding hydrogens is 216 g/mol. The summed E-state index contributed by atoms with van der Waals surface area (Å²) in [5, 5.41) is 12.1. The van der Waals surface area contributed by atoms with Crippen LogP contribution in [0.3, 0.4) is 0 Å². The summed E-state index contributed by atoms with van der Waals surface area (Å²) in [6, 6.07) is 12.6. The maximum atomic E-state index is 8.92. The van der Waals surface area contributed by atoms with Crippen LogP contribution in [0.2, 0.25) is 0 Å². The van der Waals surface area contributed by atoms with Crippen LogP contribution in [0.5, 0.6) is 0 Å². The average molecular weight is 234 g/mol. The highest BCUT2D eigenvalue weighted by atomic mass is 32.2. The normalized spacial score (nSPS) is 12.0. The van der Waals surface area contributed by atoms with Gasteiger partial charge in [0.1, 0.15) is 6.04 Å². The highest BCUT2D eigenvalue weighted by Crippen LogP contribution is 2.12. The molecule has 1 N–H and O–H groups in total. The van der Waals surface area contributed by atoms with Gasteiger partial charge >= 0.3 is 0 Å². The van der Waals surface area contributed by atoms with Gasteiger partial charge in [-0.15, -0.1) is 0 Å². The molecule has 0 aromatic heterocycles. The Morgan fingerprint density at radius 3 is 2.75 bits per heavy atom. The lowest BCUT2D eigenvalue weighted by molar-refractivity contribution is 0.637. The number of rotatable bonds is 7. The second-order valence-corrected chi connectivity index (χ2v) is 4.67. The summed E-state index contributed by atoms with van der Waals surface area (Å²) in [5.41, 5.74) is 1.32. The summed E-state index contributed by atoms with van der Waals surface area (Å²) >= 11 is 1.80. The fraction of sp³-hybridized carbons (Fsp3) is 0.462. The number of hydrogen-bond donors (Lipinski definition) is 1. The second-order valence-electron chi connectivity index (χ2n) is 3.64. The van der Waals surface area contributed by atoms with Crippen molar-refractivity contribution >= 4 is 11.8 Å². The summed E-state index contributed by atoms with van der Waals surface area (Å²) in [7, 11) is 0. The molecule has 16 heavy (non-hydrogen) atoms. The SMILES string of the molecule is CCCNC(C#N)CSCc1ccccc1. The van der Waals surface area contributed by atoms with E-state index in [0.29, 0.717) is 0 Å². The van der Waals surface area contributed by atoms with Crippen LogP contribution in [-0.2, 0) is 5.75 Å². The number of benzene rings is 1. The molecule has 1 unspecified atom stereocenters. The number of nitrogens with one attached hydrogen (secondary N) is 1. The van der Waals surface area contributed by atoms with E-state index in [1.54, 1.807) is 11.8 Å². The molecule has 0 aliphatic rings. The Morgan fingerprint density at radius 2 is 2.12 bits per heavy atom. The van der Waals surface area contributed by atoms with Gasteiger partial charge in [-0.25, -0.2) is 0 Å². The Labute approximate surface area is 102 Å². The van der Waals surface area contributed by atoms with Crippen molar-refractivity contribution in [2.75, 3.05) is 12.3 Å². The fourth-order valence-electron chi connectivity index (χ4n) is 1.33. The van der Waals surface area contributed by atoms with Gasteiger partial charge in [0.2, 0.25) is 0 Å². The Bertz CT molecular complexity index is 318. The van der Waals surface area contributed by atoms with Gasteiger partial charge in [0.05, 0.1) is 6.07 Å². The summed E-state index contributed by atoms with van der Waals surface area (Å²) in [6.45, 7) is 3.03. The minimum atomic E-state index is -0.0198. The molecule has 0 heterocycles. The quantitative estimate of drug-likeness (QED) is 0.788. The molecule has 86 valence electrons. The van der Waals surface area contributed by atoms with Crippen molar-refractivity contribution in [3.63, 3.8) is 0 Å². The molecule has 3 heteroatoms. The minimum absolute atomic E-state index is 0.0198. The number of nitrogens with zero attached hydrogens (tertiary/aromatic N) is 1. The molecule has 0 bridgehead atoms. The first-order valence-corrected chi connectivity index (χ1v) is 6.77. The first kappa shape index (κ1) is 13.1. The van der Waals surface area contributed by atoms with Gasteiger partial charge in [-0.1, -0.05) is 37.3 Å². The summed E-state index contributed by atoms with van der Waals surface area (Å²) < 4.78 is 0. The van der Waals surface area contributed by atoms with Crippen LogP contribution in [-0.4, -0.2) is 18.3 Å². The van der Waals surface area contributed by atoms with E-state index in [1.165, 1.54) is 5.56 Å². The van der Waals surface area contributed by atoms with Crippen LogP contribution >= 0.6 is 11.8 Å². The largest absolute Gasteiger partial charge is 0.301 e. The molecule has 1 aromatic rings. The van der Waals surface area contributed by atoms with Crippen molar-refractivity contribution in [2.45, 2.75) is 25.1 Å².